The maximum absolute atomic E-state index is 13.1. The van der Waals surface area contributed by atoms with Gasteiger partial charge in [-0.15, -0.1) is 11.3 Å². The Bertz CT molecular complexity index is 765. The summed E-state index contributed by atoms with van der Waals surface area (Å²) < 4.78 is 10.8. The topological polar surface area (TPSA) is 38.8 Å². The number of benzene rings is 1. The highest BCUT2D eigenvalue weighted by Crippen LogP contribution is 2.51. The second-order valence-electron chi connectivity index (χ2n) is 6.51. The van der Waals surface area contributed by atoms with Gasteiger partial charge in [0, 0.05) is 18.0 Å². The molecule has 24 heavy (non-hydrogen) atoms. The monoisotopic (exact) mass is 343 g/mol. The van der Waals surface area contributed by atoms with E-state index in [2.05, 4.69) is 11.4 Å². The highest BCUT2D eigenvalue weighted by atomic mass is 32.1. The van der Waals surface area contributed by atoms with Crippen LogP contribution in [0.5, 0.6) is 11.5 Å². The van der Waals surface area contributed by atoms with Gasteiger partial charge >= 0.3 is 0 Å². The Hall–Kier alpha value is -2.01. The lowest BCUT2D eigenvalue weighted by molar-refractivity contribution is -0.134. The normalized spacial score (nSPS) is 18.0. The number of carbonyl (C=O) groups is 1. The lowest BCUT2D eigenvalue weighted by Crippen LogP contribution is -2.42. The summed E-state index contributed by atoms with van der Waals surface area (Å²) in [7, 11) is 3.30. The molecule has 1 fully saturated rings. The van der Waals surface area contributed by atoms with Crippen molar-refractivity contribution in [3.8, 4) is 11.5 Å². The fourth-order valence-corrected chi connectivity index (χ4v) is 4.58. The summed E-state index contributed by atoms with van der Waals surface area (Å²) in [6, 6.07) is 8.19. The Morgan fingerprint density at radius 1 is 1.17 bits per heavy atom. The number of carbonyl (C=O) groups excluding carboxylic acids is 1. The van der Waals surface area contributed by atoms with E-state index in [1.807, 2.05) is 23.1 Å². The molecule has 2 heterocycles. The molecule has 0 unspecified atom stereocenters. The smallest absolute Gasteiger partial charge is 0.234 e. The molecule has 2 aliphatic rings. The summed E-state index contributed by atoms with van der Waals surface area (Å²) in [6.07, 6.45) is 2.81. The third kappa shape index (κ3) is 2.38. The summed E-state index contributed by atoms with van der Waals surface area (Å²) >= 11 is 1.70. The van der Waals surface area contributed by atoms with Crippen LogP contribution in [0.15, 0.2) is 29.6 Å². The molecule has 1 saturated carbocycles. The predicted molar refractivity (Wildman–Crippen MR) is 93.9 cm³/mol. The van der Waals surface area contributed by atoms with Crippen LogP contribution in [0.2, 0.25) is 0 Å². The fourth-order valence-electron chi connectivity index (χ4n) is 3.60. The molecule has 1 aromatic carbocycles. The average molecular weight is 343 g/mol. The van der Waals surface area contributed by atoms with E-state index in [0.717, 1.165) is 42.9 Å². The molecular formula is C19H21NO3S. The molecular weight excluding hydrogens is 322 g/mol. The lowest BCUT2D eigenvalue weighted by atomic mass is 9.96. The second kappa shape index (κ2) is 5.81. The molecule has 0 saturated heterocycles. The van der Waals surface area contributed by atoms with E-state index >= 15 is 0 Å². The molecule has 1 aliphatic carbocycles. The van der Waals surface area contributed by atoms with Gasteiger partial charge < -0.3 is 14.4 Å². The van der Waals surface area contributed by atoms with Crippen LogP contribution in [0.3, 0.4) is 0 Å². The number of rotatable bonds is 4. The molecule has 5 heteroatoms. The van der Waals surface area contributed by atoms with Crippen LogP contribution >= 0.6 is 11.3 Å². The SMILES string of the molecule is COc1cc2c(cc1OC)CN(C(=O)C1(c3cccs3)CC1)CC2. The number of hydrogen-bond donors (Lipinski definition) is 0. The molecule has 0 N–H and O–H groups in total. The summed E-state index contributed by atoms with van der Waals surface area (Å²) in [6.45, 7) is 1.43. The van der Waals surface area contributed by atoms with Crippen molar-refractivity contribution in [2.45, 2.75) is 31.2 Å². The first-order valence-corrected chi connectivity index (χ1v) is 9.13. The number of methoxy groups -OCH3 is 2. The maximum Gasteiger partial charge on any atom is 0.234 e. The molecule has 1 aliphatic heterocycles. The van der Waals surface area contributed by atoms with Gasteiger partial charge in [-0.05, 0) is 54.0 Å². The Balaban J connectivity index is 1.59. The van der Waals surface area contributed by atoms with E-state index < -0.39 is 0 Å². The number of thiophene rings is 1. The minimum Gasteiger partial charge on any atom is -0.493 e. The van der Waals surface area contributed by atoms with Gasteiger partial charge in [0.2, 0.25) is 5.91 Å². The maximum atomic E-state index is 13.1. The molecule has 4 nitrogen and oxygen atoms in total. The second-order valence-corrected chi connectivity index (χ2v) is 7.46. The van der Waals surface area contributed by atoms with Crippen molar-refractivity contribution in [2.24, 2.45) is 0 Å². The van der Waals surface area contributed by atoms with Crippen molar-refractivity contribution in [3.05, 3.63) is 45.6 Å². The molecule has 0 atom stereocenters. The molecule has 4 rings (SSSR count). The van der Waals surface area contributed by atoms with Gasteiger partial charge in [-0.2, -0.15) is 0 Å². The fraction of sp³-hybridized carbons (Fsp3) is 0.421. The van der Waals surface area contributed by atoms with Crippen molar-refractivity contribution in [2.75, 3.05) is 20.8 Å². The van der Waals surface area contributed by atoms with Gasteiger partial charge in [0.05, 0.1) is 19.6 Å². The minimum absolute atomic E-state index is 0.248. The van der Waals surface area contributed by atoms with Gasteiger partial charge in [0.1, 0.15) is 0 Å². The van der Waals surface area contributed by atoms with E-state index in [9.17, 15) is 4.79 Å². The molecule has 0 bridgehead atoms. The highest BCUT2D eigenvalue weighted by Gasteiger charge is 2.54. The zero-order valence-corrected chi connectivity index (χ0v) is 14.8. The third-order valence-electron chi connectivity index (χ3n) is 5.16. The Morgan fingerprint density at radius 3 is 2.46 bits per heavy atom. The third-order valence-corrected chi connectivity index (χ3v) is 6.23. The van der Waals surface area contributed by atoms with E-state index in [-0.39, 0.29) is 11.3 Å². The minimum atomic E-state index is -0.248. The van der Waals surface area contributed by atoms with E-state index in [1.165, 1.54) is 10.4 Å². The number of hydrogen-bond acceptors (Lipinski definition) is 4. The molecule has 126 valence electrons. The van der Waals surface area contributed by atoms with E-state index in [1.54, 1.807) is 25.6 Å². The summed E-state index contributed by atoms with van der Waals surface area (Å²) in [5.74, 6) is 1.77. The Kier molecular flexibility index (Phi) is 3.76. The first-order chi connectivity index (χ1) is 11.7. The number of fused-ring (bicyclic) bond motifs is 1. The number of nitrogens with zero attached hydrogens (tertiary/aromatic N) is 1. The zero-order chi connectivity index (χ0) is 16.7. The number of ether oxygens (including phenoxy) is 2. The Morgan fingerprint density at radius 2 is 1.88 bits per heavy atom. The van der Waals surface area contributed by atoms with Crippen molar-refractivity contribution < 1.29 is 14.3 Å². The standard InChI is InChI=1S/C19H21NO3S/c1-22-15-10-13-5-8-20(12-14(13)11-16(15)23-2)18(21)19(6-7-19)17-4-3-9-24-17/h3-4,9-11H,5-8,12H2,1-2H3. The van der Waals surface area contributed by atoms with E-state index in [0.29, 0.717) is 6.54 Å². The first-order valence-electron chi connectivity index (χ1n) is 8.25. The Labute approximate surface area is 146 Å². The van der Waals surface area contributed by atoms with E-state index in [4.69, 9.17) is 9.47 Å². The molecule has 1 aromatic heterocycles. The van der Waals surface area contributed by atoms with Gasteiger partial charge in [0.25, 0.3) is 0 Å². The molecule has 0 spiro atoms. The molecule has 0 radical (unpaired) electrons. The summed E-state index contributed by atoms with van der Waals surface area (Å²) in [4.78, 5) is 16.4. The van der Waals surface area contributed by atoms with Crippen molar-refractivity contribution in [3.63, 3.8) is 0 Å². The van der Waals surface area contributed by atoms with Crippen LogP contribution in [0, 0.1) is 0 Å². The van der Waals surface area contributed by atoms with Crippen molar-refractivity contribution in [1.82, 2.24) is 4.90 Å². The predicted octanol–water partition coefficient (Wildman–Crippen LogP) is 3.38. The quantitative estimate of drug-likeness (QED) is 0.854. The zero-order valence-electron chi connectivity index (χ0n) is 14.0. The van der Waals surface area contributed by atoms with Crippen LogP contribution in [0.25, 0.3) is 0 Å². The van der Waals surface area contributed by atoms with Crippen LogP contribution < -0.4 is 9.47 Å². The van der Waals surface area contributed by atoms with Crippen LogP contribution in [-0.4, -0.2) is 31.6 Å². The summed E-state index contributed by atoms with van der Waals surface area (Å²) in [5, 5.41) is 2.06. The summed E-state index contributed by atoms with van der Waals surface area (Å²) in [5.41, 5.74) is 2.16. The van der Waals surface area contributed by atoms with Gasteiger partial charge in [-0.1, -0.05) is 6.07 Å². The lowest BCUT2D eigenvalue weighted by Gasteiger charge is -2.32. The van der Waals surface area contributed by atoms with Gasteiger partial charge in [-0.25, -0.2) is 0 Å². The highest BCUT2D eigenvalue weighted by molar-refractivity contribution is 7.10. The van der Waals surface area contributed by atoms with Crippen LogP contribution in [-0.2, 0) is 23.2 Å². The first kappa shape index (κ1) is 15.5. The van der Waals surface area contributed by atoms with Crippen LogP contribution in [0.1, 0.15) is 28.8 Å². The average Bonchev–Trinajstić information content (AvgIpc) is 3.25. The van der Waals surface area contributed by atoms with Gasteiger partial charge in [-0.3, -0.25) is 4.79 Å². The molecule has 2 aromatic rings. The van der Waals surface area contributed by atoms with Crippen LogP contribution in [0.4, 0.5) is 0 Å². The number of amides is 1. The molecule has 1 amide bonds. The largest absolute Gasteiger partial charge is 0.493 e. The van der Waals surface area contributed by atoms with Crippen molar-refractivity contribution >= 4 is 17.2 Å². The van der Waals surface area contributed by atoms with Gasteiger partial charge in [0.15, 0.2) is 11.5 Å². The van der Waals surface area contributed by atoms with Crippen molar-refractivity contribution in [1.29, 1.82) is 0 Å².